The molecule has 1 heterocycles. The average Bonchev–Trinajstić information content (AvgIpc) is 3.49. The van der Waals surface area contributed by atoms with Gasteiger partial charge in [0.1, 0.15) is 17.7 Å². The number of carbonyl (C=O) groups is 6. The van der Waals surface area contributed by atoms with E-state index in [1.54, 1.807) is 65.0 Å². The van der Waals surface area contributed by atoms with Gasteiger partial charge in [0, 0.05) is 18.7 Å². The fourth-order valence-corrected chi connectivity index (χ4v) is 4.99. The number of ketones is 1. The molecular formula is C33H40F2N4O8. The number of nitrogens with zero attached hydrogens (tertiary/aromatic N) is 1. The molecule has 2 aromatic rings. The Kier molecular flexibility index (Phi) is 11.8. The fourth-order valence-electron chi connectivity index (χ4n) is 4.99. The topological polar surface area (TPSA) is 171 Å². The lowest BCUT2D eigenvalue weighted by Gasteiger charge is -2.32. The van der Waals surface area contributed by atoms with Crippen molar-refractivity contribution >= 4 is 41.3 Å². The van der Waals surface area contributed by atoms with E-state index >= 15 is 8.78 Å². The minimum absolute atomic E-state index is 0.142. The van der Waals surface area contributed by atoms with Crippen molar-refractivity contribution in [1.29, 1.82) is 0 Å². The van der Waals surface area contributed by atoms with Crippen LogP contribution in [0.15, 0.2) is 54.6 Å². The number of carboxylic acid groups (broad SMARTS) is 1. The number of carboxylic acids is 1. The zero-order valence-corrected chi connectivity index (χ0v) is 26.8. The van der Waals surface area contributed by atoms with Crippen LogP contribution in [0.5, 0.6) is 0 Å². The molecule has 12 nitrogen and oxygen atoms in total. The minimum Gasteiger partial charge on any atom is -0.478 e. The molecule has 0 spiro atoms. The van der Waals surface area contributed by atoms with Crippen molar-refractivity contribution in [2.24, 2.45) is 5.92 Å². The first-order valence-corrected chi connectivity index (χ1v) is 15.1. The molecule has 0 saturated carbocycles. The molecule has 1 fully saturated rings. The number of aromatic carboxylic acids is 1. The van der Waals surface area contributed by atoms with Crippen LogP contribution in [-0.2, 0) is 30.3 Å². The zero-order chi connectivity index (χ0) is 35.1. The third kappa shape index (κ3) is 9.80. The lowest BCUT2D eigenvalue weighted by molar-refractivity contribution is -0.157. The predicted molar refractivity (Wildman–Crippen MR) is 167 cm³/mol. The molecule has 1 aliphatic heterocycles. The van der Waals surface area contributed by atoms with E-state index in [0.717, 1.165) is 24.3 Å². The molecule has 14 heteroatoms. The van der Waals surface area contributed by atoms with Crippen molar-refractivity contribution in [1.82, 2.24) is 15.5 Å². The first-order valence-electron chi connectivity index (χ1n) is 15.1. The van der Waals surface area contributed by atoms with E-state index in [4.69, 9.17) is 9.84 Å². The van der Waals surface area contributed by atoms with E-state index in [0.29, 0.717) is 12.0 Å². The number of alkyl carbamates (subject to hydrolysis) is 1. The monoisotopic (exact) mass is 658 g/mol. The van der Waals surface area contributed by atoms with Crippen LogP contribution >= 0.6 is 0 Å². The maximum absolute atomic E-state index is 15.4. The smallest absolute Gasteiger partial charge is 0.408 e. The number of ether oxygens (including phenoxy) is 1. The van der Waals surface area contributed by atoms with Gasteiger partial charge in [0.2, 0.25) is 17.6 Å². The molecule has 2 aromatic carbocycles. The summed E-state index contributed by atoms with van der Waals surface area (Å²) in [6.07, 6.45) is -0.629. The second-order valence-electron chi connectivity index (χ2n) is 12.6. The summed E-state index contributed by atoms with van der Waals surface area (Å²) in [5.74, 6) is -11.6. The number of hydrogen-bond donors (Lipinski definition) is 4. The highest BCUT2D eigenvalue weighted by atomic mass is 19.3. The number of likely N-dealkylation sites (tertiary alicyclic amines) is 1. The van der Waals surface area contributed by atoms with Crippen LogP contribution in [-0.4, -0.2) is 81.8 Å². The van der Waals surface area contributed by atoms with Crippen molar-refractivity contribution in [3.05, 3.63) is 65.7 Å². The number of benzene rings is 2. The second kappa shape index (κ2) is 15.1. The molecule has 4 N–H and O–H groups in total. The quantitative estimate of drug-likeness (QED) is 0.250. The van der Waals surface area contributed by atoms with Crippen LogP contribution in [0, 0.1) is 5.92 Å². The van der Waals surface area contributed by atoms with Crippen LogP contribution in [0.1, 0.15) is 63.4 Å². The first-order chi connectivity index (χ1) is 21.9. The Morgan fingerprint density at radius 2 is 1.57 bits per heavy atom. The number of hydrogen-bond acceptors (Lipinski definition) is 7. The molecule has 1 saturated heterocycles. The van der Waals surface area contributed by atoms with E-state index < -0.39 is 71.1 Å². The Morgan fingerprint density at radius 3 is 2.13 bits per heavy atom. The molecule has 3 atom stereocenters. The Morgan fingerprint density at radius 1 is 0.957 bits per heavy atom. The molecule has 254 valence electrons. The SMILES string of the molecule is CC(C)[C@H](NC(=O)OC(C)(C)C)C(=O)N1CCC[C@H]1C(=O)NC(Cc1ccccc1)C(=O)C(F)(F)C(=O)Nc1ccc(C(=O)O)cc1. The van der Waals surface area contributed by atoms with Gasteiger partial charge in [-0.05, 0) is 69.4 Å². The summed E-state index contributed by atoms with van der Waals surface area (Å²) in [5.41, 5.74) is -0.714. The van der Waals surface area contributed by atoms with E-state index in [9.17, 15) is 28.8 Å². The summed E-state index contributed by atoms with van der Waals surface area (Å²) in [7, 11) is 0. The normalized spacial score (nSPS) is 16.2. The zero-order valence-electron chi connectivity index (χ0n) is 26.8. The maximum atomic E-state index is 15.4. The molecule has 4 amide bonds. The molecule has 0 aliphatic carbocycles. The molecule has 47 heavy (non-hydrogen) atoms. The summed E-state index contributed by atoms with van der Waals surface area (Å²) >= 11 is 0. The summed E-state index contributed by atoms with van der Waals surface area (Å²) < 4.78 is 36.1. The lowest BCUT2D eigenvalue weighted by atomic mass is 9.97. The van der Waals surface area contributed by atoms with Crippen molar-refractivity contribution in [3.8, 4) is 0 Å². The van der Waals surface area contributed by atoms with Gasteiger partial charge in [-0.3, -0.25) is 19.2 Å². The van der Waals surface area contributed by atoms with Crippen LogP contribution in [0.25, 0.3) is 0 Å². The van der Waals surface area contributed by atoms with Gasteiger partial charge in [0.05, 0.1) is 11.6 Å². The number of nitrogens with one attached hydrogen (secondary N) is 3. The van der Waals surface area contributed by atoms with Gasteiger partial charge in [-0.2, -0.15) is 8.78 Å². The second-order valence-corrected chi connectivity index (χ2v) is 12.6. The first kappa shape index (κ1) is 36.6. The Balaban J connectivity index is 1.82. The van der Waals surface area contributed by atoms with Crippen LogP contribution in [0.4, 0.5) is 19.3 Å². The molecular weight excluding hydrogens is 618 g/mol. The summed E-state index contributed by atoms with van der Waals surface area (Å²) in [5, 5.41) is 15.9. The van der Waals surface area contributed by atoms with Gasteiger partial charge >= 0.3 is 23.9 Å². The number of rotatable bonds is 12. The Bertz CT molecular complexity index is 1480. The number of halogens is 2. The number of amides is 4. The third-order valence-corrected chi connectivity index (χ3v) is 7.34. The van der Waals surface area contributed by atoms with Gasteiger partial charge in [0.25, 0.3) is 0 Å². The molecule has 1 aliphatic rings. The number of alkyl halides is 2. The van der Waals surface area contributed by atoms with Gasteiger partial charge in [-0.1, -0.05) is 44.2 Å². The van der Waals surface area contributed by atoms with Gasteiger partial charge in [-0.25, -0.2) is 9.59 Å². The molecule has 0 radical (unpaired) electrons. The standard InChI is InChI=1S/C33H40F2N4O8/c1-19(2)25(38-31(46)47-32(3,4)5)28(42)39-17-9-12-24(39)27(41)37-23(18-20-10-7-6-8-11-20)26(40)33(34,35)30(45)36-22-15-13-21(14-16-22)29(43)44/h6-8,10-11,13-16,19,23-25H,9,12,17-18H2,1-5H3,(H,36,45)(H,37,41)(H,38,46)(H,43,44)/t23?,24-,25-/m0/s1. The van der Waals surface area contributed by atoms with Gasteiger partial charge in [0.15, 0.2) is 0 Å². The molecule has 0 aromatic heterocycles. The van der Waals surface area contributed by atoms with Crippen molar-refractivity contribution in [3.63, 3.8) is 0 Å². The molecule has 1 unspecified atom stereocenters. The van der Waals surface area contributed by atoms with E-state index in [1.165, 1.54) is 4.90 Å². The predicted octanol–water partition coefficient (Wildman–Crippen LogP) is 3.80. The number of Topliss-reactive ketones (excluding diaryl/α,β-unsaturated/α-hetero) is 1. The fraction of sp³-hybridized carbons (Fsp3) is 0.455. The van der Waals surface area contributed by atoms with E-state index in [2.05, 4.69) is 10.6 Å². The maximum Gasteiger partial charge on any atom is 0.408 e. The van der Waals surface area contributed by atoms with E-state index in [1.807, 2.05) is 5.32 Å². The Hall–Kier alpha value is -4.88. The summed E-state index contributed by atoms with van der Waals surface area (Å²) in [6.45, 7) is 8.54. The van der Waals surface area contributed by atoms with Crippen molar-refractivity contribution in [2.75, 3.05) is 11.9 Å². The minimum atomic E-state index is -4.61. The summed E-state index contributed by atoms with van der Waals surface area (Å²) in [6, 6.07) is 8.37. The Labute approximate surface area is 271 Å². The van der Waals surface area contributed by atoms with Crippen molar-refractivity contribution in [2.45, 2.75) is 83.5 Å². The van der Waals surface area contributed by atoms with Crippen LogP contribution in [0.3, 0.4) is 0 Å². The van der Waals surface area contributed by atoms with Crippen LogP contribution in [0.2, 0.25) is 0 Å². The third-order valence-electron chi connectivity index (χ3n) is 7.34. The van der Waals surface area contributed by atoms with E-state index in [-0.39, 0.29) is 30.6 Å². The van der Waals surface area contributed by atoms with Crippen LogP contribution < -0.4 is 16.0 Å². The molecule has 3 rings (SSSR count). The van der Waals surface area contributed by atoms with Gasteiger partial charge < -0.3 is 30.7 Å². The summed E-state index contributed by atoms with van der Waals surface area (Å²) in [4.78, 5) is 77.9. The number of anilines is 1. The average molecular weight is 659 g/mol. The largest absolute Gasteiger partial charge is 0.478 e. The van der Waals surface area contributed by atoms with Crippen molar-refractivity contribution < 1.29 is 47.4 Å². The highest BCUT2D eigenvalue weighted by Gasteiger charge is 2.51. The molecule has 0 bridgehead atoms. The number of carbonyl (C=O) groups excluding carboxylic acids is 5. The van der Waals surface area contributed by atoms with Gasteiger partial charge in [-0.15, -0.1) is 0 Å². The lowest BCUT2D eigenvalue weighted by Crippen LogP contribution is -2.59. The highest BCUT2D eigenvalue weighted by Crippen LogP contribution is 2.25. The highest BCUT2D eigenvalue weighted by molar-refractivity contribution is 6.15.